The van der Waals surface area contributed by atoms with Crippen LogP contribution in [0.2, 0.25) is 0 Å². The molecule has 0 aliphatic carbocycles. The zero-order chi connectivity index (χ0) is 27.1. The summed E-state index contributed by atoms with van der Waals surface area (Å²) in [5, 5.41) is 13.5. The van der Waals surface area contributed by atoms with Crippen LogP contribution in [0.5, 0.6) is 5.75 Å². The SMILES string of the molecule is O=C(Nc1ccc(-c2nnc(NCCCN3CCOCC3)o2)cc1)c1ccc(F)cc1OC(=O)C(F)(F)F. The number of morpholine rings is 1. The molecule has 3 aromatic rings. The van der Waals surface area contributed by atoms with E-state index in [1.54, 1.807) is 12.1 Å². The number of carbonyl (C=O) groups is 2. The quantitative estimate of drug-likeness (QED) is 0.182. The van der Waals surface area contributed by atoms with Crippen LogP contribution < -0.4 is 15.4 Å². The van der Waals surface area contributed by atoms with Gasteiger partial charge in [-0.05, 0) is 49.4 Å². The lowest BCUT2D eigenvalue weighted by Crippen LogP contribution is -2.37. The van der Waals surface area contributed by atoms with E-state index in [1.165, 1.54) is 12.1 Å². The number of rotatable bonds is 9. The van der Waals surface area contributed by atoms with Gasteiger partial charge in [0.2, 0.25) is 5.89 Å². The lowest BCUT2D eigenvalue weighted by atomic mass is 10.1. The Morgan fingerprint density at radius 1 is 1.05 bits per heavy atom. The third-order valence-electron chi connectivity index (χ3n) is 5.47. The van der Waals surface area contributed by atoms with Gasteiger partial charge >= 0.3 is 18.2 Å². The average Bonchev–Trinajstić information content (AvgIpc) is 3.36. The third-order valence-corrected chi connectivity index (χ3v) is 5.47. The summed E-state index contributed by atoms with van der Waals surface area (Å²) < 4.78 is 66.3. The number of nitrogens with one attached hydrogen (secondary N) is 2. The number of hydrogen-bond acceptors (Lipinski definition) is 9. The van der Waals surface area contributed by atoms with E-state index in [1.807, 2.05) is 0 Å². The summed E-state index contributed by atoms with van der Waals surface area (Å²) in [4.78, 5) is 26.1. The summed E-state index contributed by atoms with van der Waals surface area (Å²) >= 11 is 0. The number of alkyl halides is 3. The molecule has 2 N–H and O–H groups in total. The fraction of sp³-hybridized carbons (Fsp3) is 0.333. The Kier molecular flexibility index (Phi) is 8.53. The summed E-state index contributed by atoms with van der Waals surface area (Å²) in [6.45, 7) is 4.89. The first kappa shape index (κ1) is 27.0. The van der Waals surface area contributed by atoms with Crippen molar-refractivity contribution in [2.75, 3.05) is 50.0 Å². The van der Waals surface area contributed by atoms with Crippen molar-refractivity contribution in [3.8, 4) is 17.2 Å². The molecule has 1 aromatic heterocycles. The number of aromatic nitrogens is 2. The van der Waals surface area contributed by atoms with Gasteiger partial charge in [-0.15, -0.1) is 5.10 Å². The predicted molar refractivity (Wildman–Crippen MR) is 126 cm³/mol. The number of carbonyl (C=O) groups excluding carboxylic acids is 2. The minimum atomic E-state index is -5.32. The molecule has 202 valence electrons. The van der Waals surface area contributed by atoms with Crippen molar-refractivity contribution in [2.24, 2.45) is 0 Å². The van der Waals surface area contributed by atoms with Crippen molar-refractivity contribution in [3.63, 3.8) is 0 Å². The third kappa shape index (κ3) is 7.26. The van der Waals surface area contributed by atoms with E-state index in [2.05, 4.69) is 30.5 Å². The zero-order valence-corrected chi connectivity index (χ0v) is 19.9. The van der Waals surface area contributed by atoms with E-state index in [0.29, 0.717) is 18.2 Å². The maximum absolute atomic E-state index is 13.5. The Morgan fingerprint density at radius 2 is 1.79 bits per heavy atom. The number of benzene rings is 2. The minimum absolute atomic E-state index is 0.235. The van der Waals surface area contributed by atoms with Crippen molar-refractivity contribution >= 4 is 23.6 Å². The Bertz CT molecular complexity index is 1260. The molecule has 1 fully saturated rings. The summed E-state index contributed by atoms with van der Waals surface area (Å²) in [5.41, 5.74) is 0.352. The van der Waals surface area contributed by atoms with Gasteiger partial charge in [0.05, 0.1) is 18.8 Å². The highest BCUT2D eigenvalue weighted by Crippen LogP contribution is 2.26. The molecule has 0 bridgehead atoms. The average molecular weight is 537 g/mol. The number of ether oxygens (including phenoxy) is 2. The van der Waals surface area contributed by atoms with Crippen LogP contribution in [-0.4, -0.2) is 72.5 Å². The second-order valence-electron chi connectivity index (χ2n) is 8.21. The van der Waals surface area contributed by atoms with E-state index in [0.717, 1.165) is 51.4 Å². The highest BCUT2D eigenvalue weighted by Gasteiger charge is 2.42. The van der Waals surface area contributed by atoms with E-state index in [4.69, 9.17) is 9.15 Å². The Hall–Kier alpha value is -4.04. The van der Waals surface area contributed by atoms with Crippen LogP contribution in [0.4, 0.5) is 29.3 Å². The molecular formula is C24H23F4N5O5. The number of hydrogen-bond donors (Lipinski definition) is 2. The summed E-state index contributed by atoms with van der Waals surface area (Å²) in [5.74, 6) is -5.10. The van der Waals surface area contributed by atoms with Gasteiger partial charge in [-0.1, -0.05) is 5.10 Å². The monoisotopic (exact) mass is 537 g/mol. The molecule has 1 aliphatic heterocycles. The van der Waals surface area contributed by atoms with Crippen LogP contribution in [0.15, 0.2) is 46.9 Å². The van der Waals surface area contributed by atoms with Gasteiger partial charge in [0, 0.05) is 37.0 Å². The molecule has 1 amide bonds. The van der Waals surface area contributed by atoms with Gasteiger partial charge in [-0.25, -0.2) is 9.18 Å². The molecule has 38 heavy (non-hydrogen) atoms. The van der Waals surface area contributed by atoms with Gasteiger partial charge in [-0.2, -0.15) is 13.2 Å². The molecule has 1 aliphatic rings. The lowest BCUT2D eigenvalue weighted by Gasteiger charge is -2.26. The molecule has 0 atom stereocenters. The highest BCUT2D eigenvalue weighted by molar-refractivity contribution is 6.06. The van der Waals surface area contributed by atoms with Gasteiger partial charge in [0.15, 0.2) is 0 Å². The van der Waals surface area contributed by atoms with Crippen molar-refractivity contribution in [1.82, 2.24) is 15.1 Å². The first-order valence-corrected chi connectivity index (χ1v) is 11.6. The molecule has 0 saturated carbocycles. The molecular weight excluding hydrogens is 514 g/mol. The standard InChI is InChI=1S/C24H23F4N5O5/c25-16-4-7-18(19(14-16)37-22(35)24(26,27)28)20(34)30-17-5-2-15(3-6-17)21-31-32-23(38-21)29-8-1-9-33-10-12-36-13-11-33/h2-7,14H,1,8-13H2,(H,29,32)(H,30,34). The van der Waals surface area contributed by atoms with Crippen molar-refractivity contribution < 1.29 is 41.0 Å². The molecule has 14 heteroatoms. The highest BCUT2D eigenvalue weighted by atomic mass is 19.4. The second kappa shape index (κ2) is 12.0. The van der Waals surface area contributed by atoms with Crippen molar-refractivity contribution in [3.05, 3.63) is 53.8 Å². The second-order valence-corrected chi connectivity index (χ2v) is 8.21. The molecule has 1 saturated heterocycles. The maximum Gasteiger partial charge on any atom is 0.491 e. The van der Waals surface area contributed by atoms with Gasteiger partial charge in [-0.3, -0.25) is 9.69 Å². The number of amides is 1. The molecule has 0 unspecified atom stereocenters. The molecule has 0 radical (unpaired) electrons. The molecule has 0 spiro atoms. The zero-order valence-electron chi connectivity index (χ0n) is 19.9. The number of anilines is 2. The number of esters is 1. The maximum atomic E-state index is 13.5. The normalized spacial score (nSPS) is 14.2. The Labute approximate surface area is 213 Å². The fourth-order valence-corrected chi connectivity index (χ4v) is 3.55. The first-order valence-electron chi connectivity index (χ1n) is 11.6. The Balaban J connectivity index is 1.33. The fourth-order valence-electron chi connectivity index (χ4n) is 3.55. The smallest absolute Gasteiger partial charge is 0.419 e. The van der Waals surface area contributed by atoms with E-state index in [-0.39, 0.29) is 17.6 Å². The van der Waals surface area contributed by atoms with Crippen molar-refractivity contribution in [1.29, 1.82) is 0 Å². The summed E-state index contributed by atoms with van der Waals surface area (Å²) in [7, 11) is 0. The Morgan fingerprint density at radius 3 is 2.50 bits per heavy atom. The largest absolute Gasteiger partial charge is 0.491 e. The molecule has 2 aromatic carbocycles. The number of halogens is 4. The van der Waals surface area contributed by atoms with Crippen molar-refractivity contribution in [2.45, 2.75) is 12.6 Å². The lowest BCUT2D eigenvalue weighted by molar-refractivity contribution is -0.189. The summed E-state index contributed by atoms with van der Waals surface area (Å²) in [6.07, 6.45) is -4.43. The van der Waals surface area contributed by atoms with Crippen LogP contribution in [-0.2, 0) is 9.53 Å². The molecule has 4 rings (SSSR count). The molecule has 2 heterocycles. The summed E-state index contributed by atoms with van der Waals surface area (Å²) in [6, 6.07) is 8.71. The molecule has 10 nitrogen and oxygen atoms in total. The topological polar surface area (TPSA) is 119 Å². The van der Waals surface area contributed by atoms with Crippen LogP contribution in [0.3, 0.4) is 0 Å². The van der Waals surface area contributed by atoms with Crippen LogP contribution in [0, 0.1) is 5.82 Å². The van der Waals surface area contributed by atoms with E-state index in [9.17, 15) is 27.2 Å². The van der Waals surface area contributed by atoms with Crippen LogP contribution in [0.25, 0.3) is 11.5 Å². The number of nitrogens with zero attached hydrogens (tertiary/aromatic N) is 3. The van der Waals surface area contributed by atoms with Crippen LogP contribution in [0.1, 0.15) is 16.8 Å². The van der Waals surface area contributed by atoms with Gasteiger partial charge in [0.25, 0.3) is 5.91 Å². The first-order chi connectivity index (χ1) is 18.2. The predicted octanol–water partition coefficient (Wildman–Crippen LogP) is 3.73. The van der Waals surface area contributed by atoms with E-state index < -0.39 is 35.2 Å². The van der Waals surface area contributed by atoms with Gasteiger partial charge < -0.3 is 24.5 Å². The van der Waals surface area contributed by atoms with Gasteiger partial charge in [0.1, 0.15) is 11.6 Å². The van der Waals surface area contributed by atoms with Crippen LogP contribution >= 0.6 is 0 Å². The van der Waals surface area contributed by atoms with E-state index >= 15 is 0 Å². The minimum Gasteiger partial charge on any atom is -0.419 e.